The number of allylic oxidation sites excluding steroid dienone is 1. The molecule has 3 atom stereocenters. The van der Waals surface area contributed by atoms with Gasteiger partial charge in [-0.05, 0) is 50.5 Å². The van der Waals surface area contributed by atoms with E-state index in [9.17, 15) is 9.90 Å². The Bertz CT molecular complexity index is 366. The number of aliphatic hydroxyl groups is 1. The second kappa shape index (κ2) is 6.08. The van der Waals surface area contributed by atoms with Crippen molar-refractivity contribution >= 4 is 5.97 Å². The minimum Gasteiger partial charge on any atom is -0.469 e. The molecule has 1 saturated carbocycles. The molecule has 0 amide bonds. The van der Waals surface area contributed by atoms with Crippen LogP contribution in [0.25, 0.3) is 0 Å². The fraction of sp³-hybridized carbons (Fsp3) is 0.812. The lowest BCUT2D eigenvalue weighted by Crippen LogP contribution is -2.50. The van der Waals surface area contributed by atoms with E-state index in [1.165, 1.54) is 7.11 Å². The molecule has 0 saturated heterocycles. The zero-order valence-electron chi connectivity index (χ0n) is 13.1. The number of hydrogen-bond acceptors (Lipinski definition) is 3. The summed E-state index contributed by atoms with van der Waals surface area (Å²) in [5, 5.41) is 11.2. The van der Waals surface area contributed by atoms with Crippen molar-refractivity contribution in [1.82, 2.24) is 0 Å². The van der Waals surface area contributed by atoms with Crippen LogP contribution in [0.2, 0.25) is 0 Å². The molecule has 0 heterocycles. The summed E-state index contributed by atoms with van der Waals surface area (Å²) in [6, 6.07) is 0. The molecule has 0 bridgehead atoms. The molecule has 0 aliphatic heterocycles. The fourth-order valence-electron chi connectivity index (χ4n) is 3.51. The lowest BCUT2D eigenvalue weighted by molar-refractivity contribution is -0.158. The Labute approximate surface area is 117 Å². The van der Waals surface area contributed by atoms with Crippen molar-refractivity contribution in [3.8, 4) is 0 Å². The van der Waals surface area contributed by atoms with Gasteiger partial charge < -0.3 is 9.84 Å². The van der Waals surface area contributed by atoms with Gasteiger partial charge in [-0.2, -0.15) is 0 Å². The van der Waals surface area contributed by atoms with Crippen LogP contribution in [0.3, 0.4) is 0 Å². The van der Waals surface area contributed by atoms with Gasteiger partial charge in [0.2, 0.25) is 0 Å². The molecule has 0 aromatic rings. The molecular weight excluding hydrogens is 240 g/mol. The van der Waals surface area contributed by atoms with Crippen LogP contribution >= 0.6 is 0 Å². The van der Waals surface area contributed by atoms with E-state index in [1.54, 1.807) is 0 Å². The van der Waals surface area contributed by atoms with E-state index in [2.05, 4.69) is 6.92 Å². The Kier molecular flexibility index (Phi) is 5.19. The molecule has 0 radical (unpaired) electrons. The van der Waals surface area contributed by atoms with Gasteiger partial charge in [-0.3, -0.25) is 4.79 Å². The molecule has 3 nitrogen and oxygen atoms in total. The van der Waals surface area contributed by atoms with Gasteiger partial charge in [-0.25, -0.2) is 0 Å². The molecule has 0 aromatic heterocycles. The van der Waals surface area contributed by atoms with Crippen molar-refractivity contribution in [2.45, 2.75) is 59.5 Å². The molecule has 1 fully saturated rings. The maximum Gasteiger partial charge on any atom is 0.312 e. The Morgan fingerprint density at radius 2 is 2.00 bits per heavy atom. The molecule has 110 valence electrons. The van der Waals surface area contributed by atoms with E-state index in [4.69, 9.17) is 4.74 Å². The van der Waals surface area contributed by atoms with E-state index in [0.29, 0.717) is 12.3 Å². The number of hydrogen-bond donors (Lipinski definition) is 1. The smallest absolute Gasteiger partial charge is 0.312 e. The topological polar surface area (TPSA) is 46.5 Å². The summed E-state index contributed by atoms with van der Waals surface area (Å²) in [6.45, 7) is 10.1. The lowest BCUT2D eigenvalue weighted by atomic mass is 9.64. The van der Waals surface area contributed by atoms with E-state index in [1.807, 2.05) is 27.7 Å². The summed E-state index contributed by atoms with van der Waals surface area (Å²) >= 11 is 0. The highest BCUT2D eigenvalue weighted by Crippen LogP contribution is 2.45. The highest BCUT2D eigenvalue weighted by molar-refractivity contribution is 5.75. The van der Waals surface area contributed by atoms with Gasteiger partial charge in [0.1, 0.15) is 0 Å². The van der Waals surface area contributed by atoms with Crippen LogP contribution in [-0.2, 0) is 9.53 Å². The second-order valence-electron chi connectivity index (χ2n) is 6.50. The van der Waals surface area contributed by atoms with Crippen LogP contribution in [-0.4, -0.2) is 23.8 Å². The van der Waals surface area contributed by atoms with Crippen molar-refractivity contribution in [1.29, 1.82) is 0 Å². The van der Waals surface area contributed by atoms with Gasteiger partial charge >= 0.3 is 5.97 Å². The number of esters is 1. The summed E-state index contributed by atoms with van der Waals surface area (Å²) in [7, 11) is 1.40. The largest absolute Gasteiger partial charge is 0.469 e. The van der Waals surface area contributed by atoms with Crippen molar-refractivity contribution in [2.75, 3.05) is 7.11 Å². The maximum absolute atomic E-state index is 12.1. The zero-order chi connectivity index (χ0) is 14.8. The molecule has 19 heavy (non-hydrogen) atoms. The summed E-state index contributed by atoms with van der Waals surface area (Å²) in [5.74, 6) is -0.299. The molecule has 1 rings (SSSR count). The third kappa shape index (κ3) is 3.19. The first-order valence-corrected chi connectivity index (χ1v) is 7.21. The van der Waals surface area contributed by atoms with Crippen molar-refractivity contribution in [3.05, 3.63) is 11.1 Å². The van der Waals surface area contributed by atoms with Gasteiger partial charge in [-0.1, -0.05) is 26.3 Å². The van der Waals surface area contributed by atoms with Gasteiger partial charge in [0, 0.05) is 0 Å². The number of ether oxygens (including phenoxy) is 1. The molecule has 0 spiro atoms. The molecule has 1 aliphatic rings. The molecule has 3 heteroatoms. The third-order valence-electron chi connectivity index (χ3n) is 4.31. The van der Waals surface area contributed by atoms with Crippen molar-refractivity contribution in [3.63, 3.8) is 0 Å². The monoisotopic (exact) mass is 268 g/mol. The molecular formula is C16H28O3. The van der Waals surface area contributed by atoms with Gasteiger partial charge in [0.05, 0.1) is 18.6 Å². The average Bonchev–Trinajstić information content (AvgIpc) is 2.26. The predicted octanol–water partition coefficient (Wildman–Crippen LogP) is 3.32. The second-order valence-corrected chi connectivity index (χ2v) is 6.50. The minimum atomic E-state index is -1.04. The fourth-order valence-corrected chi connectivity index (χ4v) is 3.51. The maximum atomic E-state index is 12.1. The normalized spacial score (nSPS) is 29.3. The number of carbonyl (C=O) groups is 1. The quantitative estimate of drug-likeness (QED) is 0.631. The molecule has 1 N–H and O–H groups in total. The molecule has 3 unspecified atom stereocenters. The first kappa shape index (κ1) is 16.2. The summed E-state index contributed by atoms with van der Waals surface area (Å²) in [5.41, 5.74) is 1.12. The zero-order valence-corrected chi connectivity index (χ0v) is 13.1. The highest BCUT2D eigenvalue weighted by atomic mass is 16.5. The summed E-state index contributed by atoms with van der Waals surface area (Å²) in [4.78, 5) is 12.1. The average molecular weight is 268 g/mol. The SMILES string of the molecule is COC(=O)C(C(C)C)C1(O)CC(C)CCC1=C(C)C. The van der Waals surface area contributed by atoms with Gasteiger partial charge in [0.25, 0.3) is 0 Å². The molecule has 0 aromatic carbocycles. The Balaban J connectivity index is 3.27. The van der Waals surface area contributed by atoms with Crippen LogP contribution in [0.5, 0.6) is 0 Å². The highest BCUT2D eigenvalue weighted by Gasteiger charge is 2.49. The van der Waals surface area contributed by atoms with Crippen molar-refractivity contribution < 1.29 is 14.6 Å². The Morgan fingerprint density at radius 1 is 1.42 bits per heavy atom. The first-order chi connectivity index (χ1) is 8.74. The van der Waals surface area contributed by atoms with Crippen LogP contribution < -0.4 is 0 Å². The van der Waals surface area contributed by atoms with E-state index >= 15 is 0 Å². The van der Waals surface area contributed by atoms with Gasteiger partial charge in [-0.15, -0.1) is 0 Å². The van der Waals surface area contributed by atoms with Crippen LogP contribution in [0.1, 0.15) is 53.9 Å². The molecule has 1 aliphatic carbocycles. The number of rotatable bonds is 3. The first-order valence-electron chi connectivity index (χ1n) is 7.21. The van der Waals surface area contributed by atoms with E-state index in [-0.39, 0.29) is 11.9 Å². The van der Waals surface area contributed by atoms with E-state index in [0.717, 1.165) is 24.0 Å². The predicted molar refractivity (Wildman–Crippen MR) is 76.7 cm³/mol. The third-order valence-corrected chi connectivity index (χ3v) is 4.31. The minimum absolute atomic E-state index is 0.0529. The summed E-state index contributed by atoms with van der Waals surface area (Å²) in [6.07, 6.45) is 2.60. The lowest BCUT2D eigenvalue weighted by Gasteiger charge is -2.44. The van der Waals surface area contributed by atoms with Crippen LogP contribution in [0.4, 0.5) is 0 Å². The summed E-state index contributed by atoms with van der Waals surface area (Å²) < 4.78 is 4.93. The van der Waals surface area contributed by atoms with Crippen LogP contribution in [0, 0.1) is 17.8 Å². The standard InChI is InChI=1S/C16H28O3/c1-10(2)13-8-7-12(5)9-16(13,18)14(11(3)4)15(17)19-6/h11-12,14,18H,7-9H2,1-6H3. The Hall–Kier alpha value is -0.830. The number of methoxy groups -OCH3 is 1. The van der Waals surface area contributed by atoms with E-state index < -0.39 is 11.5 Å². The Morgan fingerprint density at radius 3 is 2.42 bits per heavy atom. The van der Waals surface area contributed by atoms with Crippen molar-refractivity contribution in [2.24, 2.45) is 17.8 Å². The number of carbonyl (C=O) groups excluding carboxylic acids is 1. The van der Waals surface area contributed by atoms with Gasteiger partial charge in [0.15, 0.2) is 0 Å². The van der Waals surface area contributed by atoms with Crippen LogP contribution in [0.15, 0.2) is 11.1 Å².